The van der Waals surface area contributed by atoms with Crippen molar-refractivity contribution in [3.8, 4) is 0 Å². The van der Waals surface area contributed by atoms with E-state index in [1.807, 2.05) is 4.68 Å². The molecule has 24 heavy (non-hydrogen) atoms. The van der Waals surface area contributed by atoms with Crippen LogP contribution in [0.3, 0.4) is 0 Å². The number of hydrogen-bond acceptors (Lipinski definition) is 4. The Balaban J connectivity index is 0.00000288. The van der Waals surface area contributed by atoms with Crippen LogP contribution in [0.15, 0.2) is 11.3 Å². The van der Waals surface area contributed by atoms with Gasteiger partial charge in [-0.1, -0.05) is 13.3 Å². The molecule has 2 heterocycles. The zero-order valence-electron chi connectivity index (χ0n) is 14.7. The van der Waals surface area contributed by atoms with Crippen molar-refractivity contribution < 1.29 is 4.79 Å². The number of guanidine groups is 1. The van der Waals surface area contributed by atoms with Crippen LogP contribution in [0.2, 0.25) is 0 Å². The molecule has 2 rings (SSSR count). The minimum absolute atomic E-state index is 0. The predicted molar refractivity (Wildman–Crippen MR) is 105 cm³/mol. The maximum Gasteiger partial charge on any atom is 0.243 e. The molecule has 1 amide bonds. The first kappa shape index (κ1) is 20.7. The van der Waals surface area contributed by atoms with E-state index in [9.17, 15) is 4.79 Å². The summed E-state index contributed by atoms with van der Waals surface area (Å²) in [6.45, 7) is 3.91. The Hall–Kier alpha value is -1.39. The molecule has 1 aliphatic rings. The van der Waals surface area contributed by atoms with Gasteiger partial charge in [0.25, 0.3) is 0 Å². The molecule has 0 saturated heterocycles. The molecule has 1 unspecified atom stereocenters. The van der Waals surface area contributed by atoms with Crippen molar-refractivity contribution in [3.05, 3.63) is 12.2 Å². The predicted octanol–water partition coefficient (Wildman–Crippen LogP) is 0.634. The van der Waals surface area contributed by atoms with Crippen LogP contribution in [0, 0.1) is 0 Å². The SMILES string of the molecule is CCCCNC(=NCC(=O)N(C)C)NC1CCc2ncnn2C1.I. The fraction of sp³-hybridized carbons (Fsp3) is 0.733. The minimum atomic E-state index is -0.0104. The van der Waals surface area contributed by atoms with Gasteiger partial charge < -0.3 is 15.5 Å². The highest BCUT2D eigenvalue weighted by Crippen LogP contribution is 2.11. The molecule has 0 spiro atoms. The summed E-state index contributed by atoms with van der Waals surface area (Å²) in [5, 5.41) is 11.0. The summed E-state index contributed by atoms with van der Waals surface area (Å²) in [5.74, 6) is 1.72. The average Bonchev–Trinajstić information content (AvgIpc) is 2.99. The Morgan fingerprint density at radius 1 is 1.50 bits per heavy atom. The second kappa shape index (κ2) is 10.5. The smallest absolute Gasteiger partial charge is 0.243 e. The lowest BCUT2D eigenvalue weighted by molar-refractivity contribution is -0.127. The fourth-order valence-electron chi connectivity index (χ4n) is 2.37. The minimum Gasteiger partial charge on any atom is -0.356 e. The number of nitrogens with one attached hydrogen (secondary N) is 2. The van der Waals surface area contributed by atoms with E-state index >= 15 is 0 Å². The third-order valence-corrected chi connectivity index (χ3v) is 3.84. The van der Waals surface area contributed by atoms with E-state index < -0.39 is 0 Å². The molecule has 8 nitrogen and oxygen atoms in total. The number of likely N-dealkylation sites (N-methyl/N-ethyl adjacent to an activating group) is 1. The van der Waals surface area contributed by atoms with E-state index in [-0.39, 0.29) is 42.5 Å². The maximum atomic E-state index is 11.7. The summed E-state index contributed by atoms with van der Waals surface area (Å²) in [4.78, 5) is 21.9. The zero-order chi connectivity index (χ0) is 16.7. The quantitative estimate of drug-likeness (QED) is 0.288. The summed E-state index contributed by atoms with van der Waals surface area (Å²) < 4.78 is 1.93. The molecule has 0 saturated carbocycles. The number of carbonyl (C=O) groups excluding carboxylic acids is 1. The lowest BCUT2D eigenvalue weighted by Crippen LogP contribution is -2.47. The third kappa shape index (κ3) is 6.25. The van der Waals surface area contributed by atoms with Crippen molar-refractivity contribution in [2.45, 2.75) is 45.2 Å². The van der Waals surface area contributed by atoms with Crippen molar-refractivity contribution in [2.24, 2.45) is 4.99 Å². The highest BCUT2D eigenvalue weighted by Gasteiger charge is 2.20. The molecular weight excluding hydrogens is 421 g/mol. The van der Waals surface area contributed by atoms with Crippen LogP contribution >= 0.6 is 24.0 Å². The van der Waals surface area contributed by atoms with Gasteiger partial charge in [-0.2, -0.15) is 5.10 Å². The molecule has 9 heteroatoms. The molecule has 1 aromatic heterocycles. The van der Waals surface area contributed by atoms with Crippen molar-refractivity contribution in [3.63, 3.8) is 0 Å². The summed E-state index contributed by atoms with van der Waals surface area (Å²) >= 11 is 0. The highest BCUT2D eigenvalue weighted by atomic mass is 127. The van der Waals surface area contributed by atoms with Crippen LogP contribution in [-0.4, -0.2) is 64.8 Å². The van der Waals surface area contributed by atoms with Crippen molar-refractivity contribution in [1.82, 2.24) is 30.3 Å². The number of hydrogen-bond donors (Lipinski definition) is 2. The lowest BCUT2D eigenvalue weighted by atomic mass is 10.1. The number of aliphatic imine (C=N–C) groups is 1. The Morgan fingerprint density at radius 3 is 3.00 bits per heavy atom. The normalized spacial score (nSPS) is 16.8. The van der Waals surface area contributed by atoms with Gasteiger partial charge >= 0.3 is 0 Å². The molecule has 0 bridgehead atoms. The van der Waals surface area contributed by atoms with Gasteiger partial charge in [-0.05, 0) is 12.8 Å². The maximum absolute atomic E-state index is 11.7. The van der Waals surface area contributed by atoms with Crippen LogP contribution < -0.4 is 10.6 Å². The number of nitrogens with zero attached hydrogens (tertiary/aromatic N) is 5. The summed E-state index contributed by atoms with van der Waals surface area (Å²) in [6, 6.07) is 0.242. The number of halogens is 1. The van der Waals surface area contributed by atoms with E-state index in [2.05, 4.69) is 32.6 Å². The molecular formula is C15H28IN7O. The first-order valence-corrected chi connectivity index (χ1v) is 8.21. The number of aryl methyl sites for hydroxylation is 1. The molecule has 1 aliphatic heterocycles. The van der Waals surface area contributed by atoms with E-state index in [0.717, 1.165) is 44.6 Å². The van der Waals surface area contributed by atoms with E-state index in [1.54, 1.807) is 25.3 Å². The van der Waals surface area contributed by atoms with Crippen LogP contribution in [0.5, 0.6) is 0 Å². The molecule has 1 atom stereocenters. The summed E-state index contributed by atoms with van der Waals surface area (Å²) in [5.41, 5.74) is 0. The van der Waals surface area contributed by atoms with Gasteiger partial charge in [0, 0.05) is 33.1 Å². The Morgan fingerprint density at radius 2 is 2.29 bits per heavy atom. The first-order valence-electron chi connectivity index (χ1n) is 8.21. The monoisotopic (exact) mass is 449 g/mol. The van der Waals surface area contributed by atoms with Gasteiger partial charge in [0.2, 0.25) is 5.91 Å². The van der Waals surface area contributed by atoms with E-state index in [4.69, 9.17) is 0 Å². The molecule has 2 N–H and O–H groups in total. The van der Waals surface area contributed by atoms with Crippen molar-refractivity contribution in [1.29, 1.82) is 0 Å². The number of carbonyl (C=O) groups is 1. The number of amides is 1. The topological polar surface area (TPSA) is 87.4 Å². The molecule has 136 valence electrons. The van der Waals surface area contributed by atoms with Crippen molar-refractivity contribution in [2.75, 3.05) is 27.2 Å². The molecule has 0 fully saturated rings. The second-order valence-electron chi connectivity index (χ2n) is 5.97. The van der Waals surface area contributed by atoms with Gasteiger partial charge in [-0.15, -0.1) is 24.0 Å². The molecule has 0 aliphatic carbocycles. The van der Waals surface area contributed by atoms with Gasteiger partial charge in [0.05, 0.1) is 6.54 Å². The molecule has 0 radical (unpaired) electrons. The van der Waals surface area contributed by atoms with Crippen molar-refractivity contribution >= 4 is 35.8 Å². The lowest BCUT2D eigenvalue weighted by Gasteiger charge is -2.25. The molecule has 0 aromatic carbocycles. The zero-order valence-corrected chi connectivity index (χ0v) is 17.0. The Kier molecular flexibility index (Phi) is 9.01. The third-order valence-electron chi connectivity index (χ3n) is 3.84. The van der Waals surface area contributed by atoms with Crippen LogP contribution in [0.1, 0.15) is 32.0 Å². The largest absolute Gasteiger partial charge is 0.356 e. The number of rotatable bonds is 6. The first-order chi connectivity index (χ1) is 11.1. The Bertz CT molecular complexity index is 544. The Labute approximate surface area is 160 Å². The van der Waals surface area contributed by atoms with Crippen LogP contribution in [0.25, 0.3) is 0 Å². The van der Waals surface area contributed by atoms with Gasteiger partial charge in [-0.25, -0.2) is 14.7 Å². The summed E-state index contributed by atoms with van der Waals surface area (Å²) in [6.07, 6.45) is 5.66. The van der Waals surface area contributed by atoms with E-state index in [0.29, 0.717) is 5.96 Å². The van der Waals surface area contributed by atoms with E-state index in [1.165, 1.54) is 0 Å². The van der Waals surface area contributed by atoms with Crippen LogP contribution in [-0.2, 0) is 17.8 Å². The number of aromatic nitrogens is 3. The number of unbranched alkanes of at least 4 members (excludes halogenated alkanes) is 1. The number of fused-ring (bicyclic) bond motifs is 1. The van der Waals surface area contributed by atoms with Gasteiger partial charge in [0.15, 0.2) is 5.96 Å². The summed E-state index contributed by atoms with van der Waals surface area (Å²) in [7, 11) is 3.48. The molecule has 1 aromatic rings. The van der Waals surface area contributed by atoms with Gasteiger partial charge in [-0.3, -0.25) is 4.79 Å². The van der Waals surface area contributed by atoms with Crippen LogP contribution in [0.4, 0.5) is 0 Å². The highest BCUT2D eigenvalue weighted by molar-refractivity contribution is 14.0. The fourth-order valence-corrected chi connectivity index (χ4v) is 2.37. The standard InChI is InChI=1S/C15H27N7O.HI/c1-4-5-8-16-15(17-9-14(23)21(2)3)20-12-6-7-13-18-11-19-22(13)10-12;/h11-12H,4-10H2,1-3H3,(H2,16,17,20);1H. The second-order valence-corrected chi connectivity index (χ2v) is 5.97. The average molecular weight is 449 g/mol. The van der Waals surface area contributed by atoms with Gasteiger partial charge in [0.1, 0.15) is 18.7 Å².